The van der Waals surface area contributed by atoms with E-state index >= 15 is 0 Å². The second-order valence-corrected chi connectivity index (χ2v) is 9.27. The van der Waals surface area contributed by atoms with Gasteiger partial charge < -0.3 is 9.64 Å². The molecule has 0 spiro atoms. The van der Waals surface area contributed by atoms with Gasteiger partial charge in [0.1, 0.15) is 5.75 Å². The van der Waals surface area contributed by atoms with E-state index in [1.807, 2.05) is 38.1 Å². The number of H-pyrrole nitrogens is 1. The second-order valence-electron chi connectivity index (χ2n) is 7.36. The molecule has 1 N–H and O–H groups in total. The molecule has 4 rings (SSSR count). The Balaban J connectivity index is 1.99. The molecule has 2 heterocycles. The lowest BCUT2D eigenvalue weighted by Crippen LogP contribution is -2.23. The fourth-order valence-electron chi connectivity index (χ4n) is 3.80. The molecule has 3 aromatic rings. The van der Waals surface area contributed by atoms with E-state index in [2.05, 4.69) is 9.88 Å². The van der Waals surface area contributed by atoms with Crippen LogP contribution in [0.3, 0.4) is 0 Å². The summed E-state index contributed by atoms with van der Waals surface area (Å²) in [5, 5.41) is 0.867. The molecule has 2 aromatic carbocycles. The van der Waals surface area contributed by atoms with Crippen LogP contribution in [0.1, 0.15) is 24.0 Å². The van der Waals surface area contributed by atoms with Crippen molar-refractivity contribution in [2.75, 3.05) is 25.1 Å². The molecule has 0 bridgehead atoms. The minimum atomic E-state index is -3.67. The summed E-state index contributed by atoms with van der Waals surface area (Å²) in [6, 6.07) is 11.0. The summed E-state index contributed by atoms with van der Waals surface area (Å²) in [7, 11) is -2.05. The first-order chi connectivity index (χ1) is 13.4. The van der Waals surface area contributed by atoms with Gasteiger partial charge in [-0.25, -0.2) is 13.4 Å². The summed E-state index contributed by atoms with van der Waals surface area (Å²) in [4.78, 5) is 6.00. The highest BCUT2D eigenvalue weighted by Gasteiger charge is 2.30. The Morgan fingerprint density at radius 2 is 1.75 bits per heavy atom. The van der Waals surface area contributed by atoms with E-state index in [-0.39, 0.29) is 0 Å². The number of aromatic nitrogens is 1. The lowest BCUT2D eigenvalue weighted by Gasteiger charge is -2.22. The van der Waals surface area contributed by atoms with Gasteiger partial charge in [-0.05, 0) is 62.1 Å². The number of fused-ring (bicyclic) bond motifs is 1. The Kier molecular flexibility index (Phi) is 4.75. The number of benzene rings is 2. The number of nitrogens with one attached hydrogen (secondary N) is 1. The van der Waals surface area contributed by atoms with Crippen LogP contribution in [0.4, 0.5) is 5.69 Å². The number of methoxy groups -OCH3 is 1. The maximum atomic E-state index is 13.6. The zero-order valence-electron chi connectivity index (χ0n) is 16.5. The Labute approximate surface area is 165 Å². The number of aryl methyl sites for hydroxylation is 2. The van der Waals surface area contributed by atoms with Crippen molar-refractivity contribution in [2.24, 2.45) is 0 Å². The van der Waals surface area contributed by atoms with Crippen molar-refractivity contribution in [3.8, 4) is 5.75 Å². The summed E-state index contributed by atoms with van der Waals surface area (Å²) < 4.78 is 32.6. The molecule has 0 aliphatic carbocycles. The van der Waals surface area contributed by atoms with E-state index in [1.54, 1.807) is 25.4 Å². The van der Waals surface area contributed by atoms with Gasteiger partial charge in [0.25, 0.3) is 0 Å². The molecule has 0 amide bonds. The molecule has 0 saturated carbocycles. The van der Waals surface area contributed by atoms with Gasteiger partial charge in [0, 0.05) is 19.2 Å². The summed E-state index contributed by atoms with van der Waals surface area (Å²) in [6.45, 7) is 5.63. The number of aromatic amines is 1. The van der Waals surface area contributed by atoms with Crippen LogP contribution in [0.25, 0.3) is 10.9 Å². The van der Waals surface area contributed by atoms with Gasteiger partial charge in [0.05, 0.1) is 23.1 Å². The number of nitrogens with zero attached hydrogens (tertiary/aromatic N) is 1. The van der Waals surface area contributed by atoms with Crippen LogP contribution < -0.4 is 14.6 Å². The third-order valence-electron chi connectivity index (χ3n) is 5.57. The van der Waals surface area contributed by atoms with Crippen LogP contribution in [0.5, 0.6) is 5.75 Å². The smallest absolute Gasteiger partial charge is 0.214 e. The van der Waals surface area contributed by atoms with Crippen LogP contribution in [-0.4, -0.2) is 28.6 Å². The van der Waals surface area contributed by atoms with Gasteiger partial charge in [-0.3, -0.25) is 0 Å². The third kappa shape index (κ3) is 3.11. The number of anilines is 1. The lowest BCUT2D eigenvalue weighted by atomic mass is 10.1. The molecule has 146 valence electrons. The molecule has 6 heteroatoms. The number of sulfone groups is 1. The number of pyridine rings is 1. The molecule has 0 unspecified atom stereocenters. The molecule has 1 aliphatic rings. The van der Waals surface area contributed by atoms with E-state index in [0.717, 1.165) is 53.6 Å². The SMILES string of the molecule is COc1ccc2[nH+]cc(S(=O)(=O)c3ccc(C)c(C)c3)c(N3CCCC3)c2c1. The fourth-order valence-corrected chi connectivity index (χ4v) is 5.34. The van der Waals surface area contributed by atoms with E-state index < -0.39 is 9.84 Å². The van der Waals surface area contributed by atoms with E-state index in [4.69, 9.17) is 4.74 Å². The zero-order valence-corrected chi connectivity index (χ0v) is 17.3. The largest absolute Gasteiger partial charge is 0.497 e. The highest BCUT2D eigenvalue weighted by molar-refractivity contribution is 7.91. The molecule has 1 fully saturated rings. The van der Waals surface area contributed by atoms with E-state index in [1.165, 1.54) is 0 Å². The van der Waals surface area contributed by atoms with Crippen molar-refractivity contribution in [1.82, 2.24) is 0 Å². The summed E-state index contributed by atoms with van der Waals surface area (Å²) in [6.07, 6.45) is 3.76. The van der Waals surface area contributed by atoms with E-state index in [9.17, 15) is 8.42 Å². The molecular weight excluding hydrogens is 372 g/mol. The van der Waals surface area contributed by atoms with Crippen LogP contribution in [0.2, 0.25) is 0 Å². The minimum Gasteiger partial charge on any atom is -0.497 e. The standard InChI is InChI=1S/C22H24N2O3S/c1-15-6-8-18(12-16(15)2)28(25,26)21-14-23-20-9-7-17(27-3)13-19(20)22(21)24-10-4-5-11-24/h6-9,12-14H,4-5,10-11H2,1-3H3/p+1. The van der Waals surface area contributed by atoms with Crippen molar-refractivity contribution in [1.29, 1.82) is 0 Å². The fraction of sp³-hybridized carbons (Fsp3) is 0.318. The molecule has 0 atom stereocenters. The average molecular weight is 398 g/mol. The van der Waals surface area contributed by atoms with Gasteiger partial charge in [0.15, 0.2) is 11.1 Å². The van der Waals surface area contributed by atoms with Crippen LogP contribution >= 0.6 is 0 Å². The van der Waals surface area contributed by atoms with Gasteiger partial charge in [-0.1, -0.05) is 6.07 Å². The second kappa shape index (κ2) is 7.09. The molecule has 5 nitrogen and oxygen atoms in total. The maximum Gasteiger partial charge on any atom is 0.214 e. The van der Waals surface area contributed by atoms with Gasteiger partial charge in [-0.2, -0.15) is 0 Å². The number of rotatable bonds is 4. The first kappa shape index (κ1) is 18.7. The highest BCUT2D eigenvalue weighted by atomic mass is 32.2. The molecular formula is C22H25N2O3S+. The number of hydrogen-bond acceptors (Lipinski definition) is 4. The van der Waals surface area contributed by atoms with Crippen LogP contribution in [0.15, 0.2) is 52.4 Å². The van der Waals surface area contributed by atoms with Crippen molar-refractivity contribution >= 4 is 26.4 Å². The monoisotopic (exact) mass is 397 g/mol. The Hall–Kier alpha value is -2.60. The first-order valence-corrected chi connectivity index (χ1v) is 11.0. The molecule has 1 aromatic heterocycles. The molecule has 1 aliphatic heterocycles. The predicted molar refractivity (Wildman–Crippen MR) is 110 cm³/mol. The number of hydrogen-bond donors (Lipinski definition) is 0. The molecule has 1 saturated heterocycles. The van der Waals surface area contributed by atoms with Gasteiger partial charge in [0.2, 0.25) is 15.4 Å². The van der Waals surface area contributed by atoms with Crippen LogP contribution in [0, 0.1) is 13.8 Å². The highest BCUT2D eigenvalue weighted by Crippen LogP contribution is 2.37. The Bertz CT molecular complexity index is 1150. The van der Waals surface area contributed by atoms with Crippen molar-refractivity contribution in [3.63, 3.8) is 0 Å². The summed E-state index contributed by atoms with van der Waals surface area (Å²) in [5.41, 5.74) is 3.70. The zero-order chi connectivity index (χ0) is 19.9. The lowest BCUT2D eigenvalue weighted by molar-refractivity contribution is -0.347. The van der Waals surface area contributed by atoms with Crippen molar-refractivity contribution < 1.29 is 18.1 Å². The van der Waals surface area contributed by atoms with Crippen molar-refractivity contribution in [2.45, 2.75) is 36.5 Å². The summed E-state index contributed by atoms with van der Waals surface area (Å²) >= 11 is 0. The Morgan fingerprint density at radius 3 is 2.43 bits per heavy atom. The number of ether oxygens (including phenoxy) is 1. The maximum absolute atomic E-state index is 13.6. The van der Waals surface area contributed by atoms with Gasteiger partial charge in [-0.15, -0.1) is 0 Å². The van der Waals surface area contributed by atoms with Crippen LogP contribution in [-0.2, 0) is 9.84 Å². The quantitative estimate of drug-likeness (QED) is 0.673. The van der Waals surface area contributed by atoms with Crippen molar-refractivity contribution in [3.05, 3.63) is 53.7 Å². The minimum absolute atomic E-state index is 0.318. The van der Waals surface area contributed by atoms with E-state index in [0.29, 0.717) is 15.5 Å². The Morgan fingerprint density at radius 1 is 1.00 bits per heavy atom. The average Bonchev–Trinajstić information content (AvgIpc) is 3.23. The third-order valence-corrected chi connectivity index (χ3v) is 7.34. The molecule has 28 heavy (non-hydrogen) atoms. The van der Waals surface area contributed by atoms with Gasteiger partial charge >= 0.3 is 0 Å². The predicted octanol–water partition coefficient (Wildman–Crippen LogP) is 3.71. The summed E-state index contributed by atoms with van der Waals surface area (Å²) in [5.74, 6) is 0.710. The topological polar surface area (TPSA) is 60.8 Å². The first-order valence-electron chi connectivity index (χ1n) is 9.51. The molecule has 0 radical (unpaired) electrons. The normalized spacial score (nSPS) is 14.6.